The molecule has 5 nitrogen and oxygen atoms in total. The molecule has 2 heterocycles. The van der Waals surface area contributed by atoms with E-state index in [1.807, 2.05) is 26.0 Å². The van der Waals surface area contributed by atoms with Crippen LogP contribution < -0.4 is 5.73 Å². The number of pyridine rings is 1. The lowest BCUT2D eigenvalue weighted by atomic mass is 10.3. The van der Waals surface area contributed by atoms with E-state index in [9.17, 15) is 0 Å². The maximum Gasteiger partial charge on any atom is 0.192 e. The third kappa shape index (κ3) is 3.04. The van der Waals surface area contributed by atoms with E-state index in [1.54, 1.807) is 12.3 Å². The Morgan fingerprint density at radius 1 is 1.22 bits per heavy atom. The second kappa shape index (κ2) is 5.14. The molecule has 0 radical (unpaired) electrons. The predicted molar refractivity (Wildman–Crippen MR) is 70.9 cm³/mol. The van der Waals surface area contributed by atoms with Crippen molar-refractivity contribution < 1.29 is 0 Å². The van der Waals surface area contributed by atoms with E-state index < -0.39 is 0 Å². The molecule has 0 fully saturated rings. The first-order valence-electron chi connectivity index (χ1n) is 5.35. The van der Waals surface area contributed by atoms with Gasteiger partial charge in [-0.3, -0.25) is 10.4 Å². The molecule has 2 aromatic rings. The average Bonchev–Trinajstić information content (AvgIpc) is 2.28. The number of nitrogen functional groups attached to an aromatic ring is 1. The van der Waals surface area contributed by atoms with Crippen molar-refractivity contribution in [3.05, 3.63) is 41.5 Å². The number of hydrogen-bond acceptors (Lipinski definition) is 5. The molecule has 92 valence electrons. The Labute approximate surface area is 109 Å². The van der Waals surface area contributed by atoms with Crippen molar-refractivity contribution in [3.63, 3.8) is 0 Å². The lowest BCUT2D eigenvalue weighted by molar-refractivity contribution is 0.901. The molecule has 0 aliphatic rings. The molecule has 0 amide bonds. The van der Waals surface area contributed by atoms with Crippen LogP contribution in [0.15, 0.2) is 34.4 Å². The number of nitrogens with one attached hydrogen (secondary N) is 1. The van der Waals surface area contributed by atoms with Gasteiger partial charge in [-0.15, -0.1) is 0 Å². The highest BCUT2D eigenvalue weighted by Gasteiger charge is 2.04. The lowest BCUT2D eigenvalue weighted by Crippen LogP contribution is -2.12. The highest BCUT2D eigenvalue weighted by molar-refractivity contribution is 7.99. The largest absolute Gasteiger partial charge is 0.382 e. The molecule has 0 saturated carbocycles. The second-order valence-electron chi connectivity index (χ2n) is 3.83. The number of nitrogens with two attached hydrogens (primary N) is 1. The van der Waals surface area contributed by atoms with E-state index in [0.717, 1.165) is 16.3 Å². The predicted octanol–water partition coefficient (Wildman–Crippen LogP) is 1.92. The maximum absolute atomic E-state index is 7.27. The van der Waals surface area contributed by atoms with Crippen molar-refractivity contribution in [2.24, 2.45) is 5.73 Å². The molecule has 0 aliphatic heterocycles. The van der Waals surface area contributed by atoms with Gasteiger partial charge in [0.05, 0.1) is 0 Å². The van der Waals surface area contributed by atoms with Crippen LogP contribution in [-0.4, -0.2) is 20.8 Å². The average molecular weight is 259 g/mol. The van der Waals surface area contributed by atoms with Crippen molar-refractivity contribution in [1.29, 1.82) is 5.41 Å². The maximum atomic E-state index is 7.27. The zero-order chi connectivity index (χ0) is 13.1. The molecule has 3 N–H and O–H groups in total. The molecule has 18 heavy (non-hydrogen) atoms. The summed E-state index contributed by atoms with van der Waals surface area (Å²) < 4.78 is 0. The molecule has 0 spiro atoms. The summed E-state index contributed by atoms with van der Waals surface area (Å²) in [6.45, 7) is 3.88. The topological polar surface area (TPSA) is 88.5 Å². The van der Waals surface area contributed by atoms with E-state index >= 15 is 0 Å². The summed E-state index contributed by atoms with van der Waals surface area (Å²) in [5, 5.41) is 7.97. The van der Waals surface area contributed by atoms with Crippen molar-refractivity contribution in [2.75, 3.05) is 0 Å². The van der Waals surface area contributed by atoms with E-state index in [0.29, 0.717) is 10.9 Å². The van der Waals surface area contributed by atoms with Crippen LogP contribution in [0.1, 0.15) is 17.1 Å². The summed E-state index contributed by atoms with van der Waals surface area (Å²) in [6, 6.07) is 5.50. The zero-order valence-corrected chi connectivity index (χ0v) is 11.0. The standard InChI is InChI=1S/C12H13N5S/c1-7-5-8(2)17-12(16-7)18-9-3-4-10(11(13)14)15-6-9/h3-6H,1-2H3,(H3,13,14). The third-order valence-corrected chi connectivity index (χ3v) is 3.03. The van der Waals surface area contributed by atoms with Crippen molar-refractivity contribution >= 4 is 17.6 Å². The fraction of sp³-hybridized carbons (Fsp3) is 0.167. The number of hydrogen-bond donors (Lipinski definition) is 2. The highest BCUT2D eigenvalue weighted by atomic mass is 32.2. The summed E-state index contributed by atoms with van der Waals surface area (Å²) in [5.41, 5.74) is 7.70. The van der Waals surface area contributed by atoms with Gasteiger partial charge in [-0.1, -0.05) is 0 Å². The molecule has 2 aromatic heterocycles. The molecule has 0 aromatic carbocycles. The minimum atomic E-state index is -0.0331. The molecule has 0 bridgehead atoms. The fourth-order valence-electron chi connectivity index (χ4n) is 1.44. The van der Waals surface area contributed by atoms with Gasteiger partial charge < -0.3 is 5.73 Å². The van der Waals surface area contributed by atoms with Crippen molar-refractivity contribution in [3.8, 4) is 0 Å². The number of aryl methyl sites for hydroxylation is 2. The lowest BCUT2D eigenvalue weighted by Gasteiger charge is -2.03. The smallest absolute Gasteiger partial charge is 0.192 e. The van der Waals surface area contributed by atoms with Crippen LogP contribution in [-0.2, 0) is 0 Å². The van der Waals surface area contributed by atoms with Gasteiger partial charge in [0.15, 0.2) is 5.16 Å². The Bertz CT molecular complexity index is 559. The van der Waals surface area contributed by atoms with Crippen molar-refractivity contribution in [2.45, 2.75) is 23.9 Å². The number of aromatic nitrogens is 3. The van der Waals surface area contributed by atoms with Crippen LogP contribution in [0.3, 0.4) is 0 Å². The molecule has 2 rings (SSSR count). The Morgan fingerprint density at radius 3 is 2.39 bits per heavy atom. The van der Waals surface area contributed by atoms with E-state index in [2.05, 4.69) is 15.0 Å². The van der Waals surface area contributed by atoms with E-state index in [4.69, 9.17) is 11.1 Å². The Balaban J connectivity index is 2.20. The zero-order valence-electron chi connectivity index (χ0n) is 10.1. The number of amidine groups is 1. The van der Waals surface area contributed by atoms with Crippen molar-refractivity contribution in [1.82, 2.24) is 15.0 Å². The van der Waals surface area contributed by atoms with Gasteiger partial charge in [0.2, 0.25) is 0 Å². The molecule has 0 unspecified atom stereocenters. The van der Waals surface area contributed by atoms with Crippen LogP contribution in [0.2, 0.25) is 0 Å². The normalized spacial score (nSPS) is 10.3. The van der Waals surface area contributed by atoms with E-state index in [1.165, 1.54) is 11.8 Å². The van der Waals surface area contributed by atoms with Gasteiger partial charge in [-0.05, 0) is 43.8 Å². The van der Waals surface area contributed by atoms with Crippen LogP contribution in [0.5, 0.6) is 0 Å². The first-order chi connectivity index (χ1) is 8.54. The Hall–Kier alpha value is -1.95. The van der Waals surface area contributed by atoms with Gasteiger partial charge in [-0.25, -0.2) is 9.97 Å². The second-order valence-corrected chi connectivity index (χ2v) is 4.87. The van der Waals surface area contributed by atoms with Gasteiger partial charge in [-0.2, -0.15) is 0 Å². The highest BCUT2D eigenvalue weighted by Crippen LogP contribution is 2.24. The van der Waals surface area contributed by atoms with Crippen LogP contribution >= 0.6 is 11.8 Å². The van der Waals surface area contributed by atoms with E-state index in [-0.39, 0.29) is 5.84 Å². The summed E-state index contributed by atoms with van der Waals surface area (Å²) in [7, 11) is 0. The Morgan fingerprint density at radius 2 is 1.89 bits per heavy atom. The summed E-state index contributed by atoms with van der Waals surface area (Å²) in [4.78, 5) is 13.7. The van der Waals surface area contributed by atoms with Crippen LogP contribution in [0, 0.1) is 19.3 Å². The molecule has 0 atom stereocenters. The third-order valence-electron chi connectivity index (χ3n) is 2.18. The molecular formula is C12H13N5S. The molecule has 6 heteroatoms. The van der Waals surface area contributed by atoms with Crippen LogP contribution in [0.4, 0.5) is 0 Å². The van der Waals surface area contributed by atoms with Gasteiger partial charge in [0.25, 0.3) is 0 Å². The minimum Gasteiger partial charge on any atom is -0.382 e. The number of rotatable bonds is 3. The van der Waals surface area contributed by atoms with Gasteiger partial charge >= 0.3 is 0 Å². The first-order valence-corrected chi connectivity index (χ1v) is 6.17. The quantitative estimate of drug-likeness (QED) is 0.499. The molecular weight excluding hydrogens is 246 g/mol. The Kier molecular flexibility index (Phi) is 3.57. The molecule has 0 saturated heterocycles. The summed E-state index contributed by atoms with van der Waals surface area (Å²) >= 11 is 1.44. The summed E-state index contributed by atoms with van der Waals surface area (Å²) in [6.07, 6.45) is 1.67. The number of nitrogens with zero attached hydrogens (tertiary/aromatic N) is 3. The van der Waals surface area contributed by atoms with Crippen LogP contribution in [0.25, 0.3) is 0 Å². The fourth-order valence-corrected chi connectivity index (χ4v) is 2.28. The monoisotopic (exact) mass is 259 g/mol. The minimum absolute atomic E-state index is 0.0331. The SMILES string of the molecule is Cc1cc(C)nc(Sc2ccc(C(=N)N)nc2)n1. The van der Waals surface area contributed by atoms with Gasteiger partial charge in [0, 0.05) is 22.5 Å². The molecule has 0 aliphatic carbocycles. The van der Waals surface area contributed by atoms with Gasteiger partial charge in [0.1, 0.15) is 11.5 Å². The first kappa shape index (κ1) is 12.5. The summed E-state index contributed by atoms with van der Waals surface area (Å²) in [5.74, 6) is -0.0331.